The van der Waals surface area contributed by atoms with Crippen molar-refractivity contribution in [2.45, 2.75) is 37.4 Å². The van der Waals surface area contributed by atoms with Crippen molar-refractivity contribution in [2.75, 3.05) is 4.72 Å². The molecule has 0 radical (unpaired) electrons. The first kappa shape index (κ1) is 19.1. The van der Waals surface area contributed by atoms with Crippen LogP contribution in [0.5, 0.6) is 5.75 Å². The molecule has 1 N–H and O–H groups in total. The molecule has 0 aliphatic rings. The molecule has 0 bridgehead atoms. The third-order valence-corrected chi connectivity index (χ3v) is 4.79. The predicted molar refractivity (Wildman–Crippen MR) is 89.1 cm³/mol. The van der Waals surface area contributed by atoms with Crippen LogP contribution in [-0.4, -0.2) is 14.8 Å². The number of alkyl halides is 3. The van der Waals surface area contributed by atoms with E-state index in [1.54, 1.807) is 24.3 Å². The second-order valence-corrected chi connectivity index (χ2v) is 8.08. The lowest BCUT2D eigenvalue weighted by molar-refractivity contribution is -0.275. The van der Waals surface area contributed by atoms with Crippen LogP contribution in [0.2, 0.25) is 0 Å². The molecule has 4 nitrogen and oxygen atoms in total. The lowest BCUT2D eigenvalue weighted by atomic mass is 9.87. The van der Waals surface area contributed by atoms with E-state index in [2.05, 4.69) is 9.46 Å². The molecule has 0 amide bonds. The van der Waals surface area contributed by atoms with Gasteiger partial charge in [0.15, 0.2) is 0 Å². The Hall–Kier alpha value is -2.22. The van der Waals surface area contributed by atoms with E-state index in [1.165, 1.54) is 12.1 Å². The van der Waals surface area contributed by atoms with Gasteiger partial charge in [0.1, 0.15) is 10.6 Å². The van der Waals surface area contributed by atoms with Gasteiger partial charge in [-0.3, -0.25) is 4.72 Å². The van der Waals surface area contributed by atoms with Crippen LogP contribution in [0.15, 0.2) is 53.4 Å². The van der Waals surface area contributed by atoms with E-state index in [9.17, 15) is 21.6 Å². The number of para-hydroxylation sites is 1. The molecule has 0 spiro atoms. The molecular weight excluding hydrogens is 355 g/mol. The summed E-state index contributed by atoms with van der Waals surface area (Å²) in [5, 5.41) is 0. The summed E-state index contributed by atoms with van der Waals surface area (Å²) >= 11 is 0. The topological polar surface area (TPSA) is 55.4 Å². The third kappa shape index (κ3) is 5.12. The molecule has 0 atom stereocenters. The molecule has 0 saturated heterocycles. The second-order valence-electron chi connectivity index (χ2n) is 6.43. The first-order chi connectivity index (χ1) is 11.4. The van der Waals surface area contributed by atoms with Gasteiger partial charge in [0.05, 0.1) is 0 Å². The number of ether oxygens (including phenoxy) is 1. The maximum atomic E-state index is 12.5. The highest BCUT2D eigenvalue weighted by Gasteiger charge is 2.34. The minimum absolute atomic E-state index is 0.107. The Morgan fingerprint density at radius 1 is 0.920 bits per heavy atom. The van der Waals surface area contributed by atoms with E-state index in [0.29, 0.717) is 0 Å². The van der Waals surface area contributed by atoms with Crippen molar-refractivity contribution in [3.63, 3.8) is 0 Å². The van der Waals surface area contributed by atoms with Gasteiger partial charge in [-0.05, 0) is 35.2 Å². The summed E-state index contributed by atoms with van der Waals surface area (Å²) in [4.78, 5) is -0.591. The second kappa shape index (κ2) is 6.59. The molecule has 2 aromatic carbocycles. The van der Waals surface area contributed by atoms with E-state index in [4.69, 9.17) is 0 Å². The van der Waals surface area contributed by atoms with Crippen molar-refractivity contribution >= 4 is 15.7 Å². The van der Waals surface area contributed by atoms with Crippen LogP contribution in [0.25, 0.3) is 0 Å². The van der Waals surface area contributed by atoms with Gasteiger partial charge in [0.25, 0.3) is 10.0 Å². The first-order valence-electron chi connectivity index (χ1n) is 7.37. The summed E-state index contributed by atoms with van der Waals surface area (Å²) in [6.07, 6.45) is -4.99. The average Bonchev–Trinajstić information content (AvgIpc) is 2.45. The smallest absolute Gasteiger partial charge is 0.404 e. The fourth-order valence-corrected chi connectivity index (χ4v) is 3.32. The summed E-state index contributed by atoms with van der Waals surface area (Å²) < 4.78 is 68.3. The molecule has 0 heterocycles. The highest BCUT2D eigenvalue weighted by molar-refractivity contribution is 7.92. The predicted octanol–water partition coefficient (Wildman–Crippen LogP) is 4.68. The van der Waals surface area contributed by atoms with Crippen LogP contribution < -0.4 is 9.46 Å². The van der Waals surface area contributed by atoms with Crippen LogP contribution in [0.4, 0.5) is 18.9 Å². The molecule has 25 heavy (non-hydrogen) atoms. The largest absolute Gasteiger partial charge is 0.573 e. The normalized spacial score (nSPS) is 12.7. The zero-order valence-corrected chi connectivity index (χ0v) is 14.7. The van der Waals surface area contributed by atoms with Gasteiger partial charge < -0.3 is 4.74 Å². The minimum Gasteiger partial charge on any atom is -0.404 e. The van der Waals surface area contributed by atoms with Crippen LogP contribution in [0.3, 0.4) is 0 Å². The van der Waals surface area contributed by atoms with Crippen molar-refractivity contribution < 1.29 is 26.3 Å². The Bertz CT molecular complexity index is 839. The van der Waals surface area contributed by atoms with Gasteiger partial charge in [-0.2, -0.15) is 0 Å². The summed E-state index contributed by atoms with van der Waals surface area (Å²) in [6, 6.07) is 11.2. The van der Waals surface area contributed by atoms with Crippen molar-refractivity contribution in [3.05, 3.63) is 54.1 Å². The van der Waals surface area contributed by atoms with Gasteiger partial charge in [0.2, 0.25) is 0 Å². The standard InChI is InChI=1S/C17H18F3NO3S/c1-16(2,3)12-8-10-13(11-9-12)21-25(22,23)15-7-5-4-6-14(15)24-17(18,19)20/h4-11,21H,1-3H3. The molecule has 0 fully saturated rings. The van der Waals surface area contributed by atoms with Crippen molar-refractivity contribution in [3.8, 4) is 5.75 Å². The fourth-order valence-electron chi connectivity index (χ4n) is 2.13. The Morgan fingerprint density at radius 2 is 1.48 bits per heavy atom. The maximum absolute atomic E-state index is 12.5. The van der Waals surface area contributed by atoms with E-state index >= 15 is 0 Å². The minimum atomic E-state index is -4.99. The number of halogens is 3. The highest BCUT2D eigenvalue weighted by Crippen LogP contribution is 2.31. The molecule has 2 rings (SSSR count). The lowest BCUT2D eigenvalue weighted by Gasteiger charge is -2.19. The van der Waals surface area contributed by atoms with Crippen molar-refractivity contribution in [1.82, 2.24) is 0 Å². The number of benzene rings is 2. The maximum Gasteiger partial charge on any atom is 0.573 e. The number of anilines is 1. The van der Waals surface area contributed by atoms with E-state index in [1.807, 2.05) is 20.8 Å². The summed E-state index contributed by atoms with van der Waals surface area (Å²) in [5.74, 6) is -0.784. The SMILES string of the molecule is CC(C)(C)c1ccc(NS(=O)(=O)c2ccccc2OC(F)(F)F)cc1. The summed E-state index contributed by atoms with van der Waals surface area (Å²) in [6.45, 7) is 6.03. The molecule has 0 aromatic heterocycles. The first-order valence-corrected chi connectivity index (χ1v) is 8.85. The number of hydrogen-bond donors (Lipinski definition) is 1. The van der Waals surface area contributed by atoms with Gasteiger partial charge in [-0.1, -0.05) is 45.0 Å². The number of sulfonamides is 1. The van der Waals surface area contributed by atoms with Crippen LogP contribution >= 0.6 is 0 Å². The molecular formula is C17H18F3NO3S. The summed E-state index contributed by atoms with van der Waals surface area (Å²) in [5.41, 5.74) is 1.14. The average molecular weight is 373 g/mol. The molecule has 8 heteroatoms. The van der Waals surface area contributed by atoms with Gasteiger partial charge in [-0.15, -0.1) is 13.2 Å². The van der Waals surface area contributed by atoms with Crippen LogP contribution in [-0.2, 0) is 15.4 Å². The molecule has 136 valence electrons. The third-order valence-electron chi connectivity index (χ3n) is 3.37. The number of hydrogen-bond acceptors (Lipinski definition) is 3. The Balaban J connectivity index is 2.31. The fraction of sp³-hybridized carbons (Fsp3) is 0.294. The molecule has 0 saturated carbocycles. The quantitative estimate of drug-likeness (QED) is 0.846. The van der Waals surface area contributed by atoms with E-state index in [0.717, 1.165) is 17.7 Å². The van der Waals surface area contributed by atoms with E-state index in [-0.39, 0.29) is 11.1 Å². The molecule has 2 aromatic rings. The monoisotopic (exact) mass is 373 g/mol. The molecule has 0 unspecified atom stereocenters. The zero-order chi connectivity index (χ0) is 18.9. The van der Waals surface area contributed by atoms with Gasteiger partial charge >= 0.3 is 6.36 Å². The van der Waals surface area contributed by atoms with Crippen LogP contribution in [0.1, 0.15) is 26.3 Å². The summed E-state index contributed by atoms with van der Waals surface area (Å²) in [7, 11) is -4.24. The Labute approximate surface area is 144 Å². The molecule has 0 aliphatic heterocycles. The Kier molecular flexibility index (Phi) is 5.04. The van der Waals surface area contributed by atoms with Crippen molar-refractivity contribution in [1.29, 1.82) is 0 Å². The van der Waals surface area contributed by atoms with E-state index < -0.39 is 27.0 Å². The van der Waals surface area contributed by atoms with Crippen LogP contribution in [0, 0.1) is 0 Å². The number of nitrogens with one attached hydrogen (secondary N) is 1. The van der Waals surface area contributed by atoms with Crippen molar-refractivity contribution in [2.24, 2.45) is 0 Å². The number of rotatable bonds is 4. The van der Waals surface area contributed by atoms with Gasteiger partial charge in [-0.25, -0.2) is 8.42 Å². The lowest BCUT2D eigenvalue weighted by Crippen LogP contribution is -2.21. The molecule has 0 aliphatic carbocycles. The van der Waals surface area contributed by atoms with Gasteiger partial charge in [0, 0.05) is 5.69 Å². The highest BCUT2D eigenvalue weighted by atomic mass is 32.2. The zero-order valence-electron chi connectivity index (χ0n) is 13.9. The Morgan fingerprint density at radius 3 is 2.00 bits per heavy atom.